The zero-order valence-electron chi connectivity index (χ0n) is 10.0. The summed E-state index contributed by atoms with van der Waals surface area (Å²) in [6.45, 7) is 2.31. The molecule has 1 aromatic rings. The highest BCUT2D eigenvalue weighted by Gasteiger charge is 2.19. The Bertz CT molecular complexity index is 399. The third kappa shape index (κ3) is 3.12. The van der Waals surface area contributed by atoms with Crippen LogP contribution in [-0.4, -0.2) is 21.0 Å². The normalized spacial score (nSPS) is 24.3. The molecule has 0 amide bonds. The molecule has 0 aromatic carbocycles. The average Bonchev–Trinajstić information content (AvgIpc) is 2.32. The van der Waals surface area contributed by atoms with Gasteiger partial charge < -0.3 is 11.1 Å². The van der Waals surface area contributed by atoms with E-state index >= 15 is 0 Å². The molecule has 0 radical (unpaired) electrons. The van der Waals surface area contributed by atoms with Crippen LogP contribution < -0.4 is 11.1 Å². The third-order valence-corrected chi connectivity index (χ3v) is 3.55. The number of thiocarbonyl (C=S) groups is 1. The quantitative estimate of drug-likeness (QED) is 0.804. The van der Waals surface area contributed by atoms with Gasteiger partial charge in [0, 0.05) is 12.2 Å². The summed E-state index contributed by atoms with van der Waals surface area (Å²) in [4.78, 5) is 8.52. The summed E-state index contributed by atoms with van der Waals surface area (Å²) in [5.74, 6) is 1.61. The molecular formula is C12H18N4S. The van der Waals surface area contributed by atoms with E-state index in [-0.39, 0.29) is 0 Å². The fourth-order valence-electron chi connectivity index (χ4n) is 2.22. The number of rotatable bonds is 3. The second-order valence-electron chi connectivity index (χ2n) is 4.75. The van der Waals surface area contributed by atoms with Gasteiger partial charge in [-0.1, -0.05) is 19.1 Å². The Labute approximate surface area is 107 Å². The van der Waals surface area contributed by atoms with E-state index in [9.17, 15) is 0 Å². The molecule has 1 fully saturated rings. The van der Waals surface area contributed by atoms with Crippen LogP contribution in [0.25, 0.3) is 0 Å². The van der Waals surface area contributed by atoms with Gasteiger partial charge in [-0.15, -0.1) is 0 Å². The maximum absolute atomic E-state index is 5.65. The molecule has 1 aliphatic carbocycles. The molecular weight excluding hydrogens is 232 g/mol. The van der Waals surface area contributed by atoms with Crippen molar-refractivity contribution in [2.24, 2.45) is 11.7 Å². The first-order valence-electron chi connectivity index (χ1n) is 6.03. The average molecular weight is 250 g/mol. The standard InChI is InChI=1S/C12H18N4S/c1-8-2-4-9(5-3-8)16-12-10(11(13)17)6-14-7-15-12/h6-9H,2-5H2,1H3,(H2,13,17)(H,14,15,16). The van der Waals surface area contributed by atoms with Gasteiger partial charge in [-0.2, -0.15) is 0 Å². The van der Waals surface area contributed by atoms with E-state index in [1.807, 2.05) is 0 Å². The van der Waals surface area contributed by atoms with Crippen LogP contribution >= 0.6 is 12.2 Å². The monoisotopic (exact) mass is 250 g/mol. The molecule has 0 atom stereocenters. The van der Waals surface area contributed by atoms with Crippen molar-refractivity contribution in [2.45, 2.75) is 38.6 Å². The maximum atomic E-state index is 5.65. The lowest BCUT2D eigenvalue weighted by Crippen LogP contribution is -2.27. The SMILES string of the molecule is CC1CCC(Nc2ncncc2C(N)=S)CC1. The van der Waals surface area contributed by atoms with Crippen molar-refractivity contribution < 1.29 is 0 Å². The number of hydrogen-bond donors (Lipinski definition) is 2. The van der Waals surface area contributed by atoms with Crippen LogP contribution in [0, 0.1) is 5.92 Å². The number of hydrogen-bond acceptors (Lipinski definition) is 4. The van der Waals surface area contributed by atoms with E-state index in [4.69, 9.17) is 18.0 Å². The fourth-order valence-corrected chi connectivity index (χ4v) is 2.37. The highest BCUT2D eigenvalue weighted by molar-refractivity contribution is 7.80. The minimum Gasteiger partial charge on any atom is -0.389 e. The van der Waals surface area contributed by atoms with E-state index < -0.39 is 0 Å². The number of nitrogens with zero attached hydrogens (tertiary/aromatic N) is 2. The van der Waals surface area contributed by atoms with Crippen molar-refractivity contribution in [3.8, 4) is 0 Å². The maximum Gasteiger partial charge on any atom is 0.139 e. The molecule has 0 unspecified atom stereocenters. The van der Waals surface area contributed by atoms with Crippen LogP contribution in [0.1, 0.15) is 38.2 Å². The highest BCUT2D eigenvalue weighted by atomic mass is 32.1. The van der Waals surface area contributed by atoms with Crippen molar-refractivity contribution in [1.29, 1.82) is 0 Å². The number of anilines is 1. The van der Waals surface area contributed by atoms with Crippen LogP contribution in [-0.2, 0) is 0 Å². The van der Waals surface area contributed by atoms with Gasteiger partial charge in [-0.25, -0.2) is 9.97 Å². The predicted molar refractivity (Wildman–Crippen MR) is 73.0 cm³/mol. The van der Waals surface area contributed by atoms with Crippen molar-refractivity contribution in [3.05, 3.63) is 18.1 Å². The van der Waals surface area contributed by atoms with Crippen LogP contribution in [0.2, 0.25) is 0 Å². The molecule has 3 N–H and O–H groups in total. The van der Waals surface area contributed by atoms with Crippen molar-refractivity contribution in [1.82, 2.24) is 9.97 Å². The minimum atomic E-state index is 0.345. The molecule has 17 heavy (non-hydrogen) atoms. The topological polar surface area (TPSA) is 63.8 Å². The molecule has 0 saturated heterocycles. The Kier molecular flexibility index (Phi) is 3.89. The van der Waals surface area contributed by atoms with E-state index in [0.717, 1.165) is 17.3 Å². The van der Waals surface area contributed by atoms with Gasteiger partial charge in [0.1, 0.15) is 17.1 Å². The second-order valence-corrected chi connectivity index (χ2v) is 5.19. The zero-order valence-corrected chi connectivity index (χ0v) is 10.8. The smallest absolute Gasteiger partial charge is 0.139 e. The van der Waals surface area contributed by atoms with Crippen molar-refractivity contribution in [2.75, 3.05) is 5.32 Å². The largest absolute Gasteiger partial charge is 0.389 e. The molecule has 0 aliphatic heterocycles. The third-order valence-electron chi connectivity index (χ3n) is 3.33. The molecule has 1 saturated carbocycles. The summed E-state index contributed by atoms with van der Waals surface area (Å²) < 4.78 is 0. The Hall–Kier alpha value is -1.23. The Morgan fingerprint density at radius 2 is 2.12 bits per heavy atom. The fraction of sp³-hybridized carbons (Fsp3) is 0.583. The zero-order chi connectivity index (χ0) is 12.3. The van der Waals surface area contributed by atoms with E-state index in [0.29, 0.717) is 11.0 Å². The lowest BCUT2D eigenvalue weighted by molar-refractivity contribution is 0.361. The predicted octanol–water partition coefficient (Wildman–Crippen LogP) is 2.10. The molecule has 5 heteroatoms. The van der Waals surface area contributed by atoms with Gasteiger partial charge in [-0.05, 0) is 31.6 Å². The second kappa shape index (κ2) is 5.40. The van der Waals surface area contributed by atoms with Crippen molar-refractivity contribution in [3.63, 3.8) is 0 Å². The van der Waals surface area contributed by atoms with E-state index in [2.05, 4.69) is 22.2 Å². The lowest BCUT2D eigenvalue weighted by atomic mass is 9.87. The van der Waals surface area contributed by atoms with Gasteiger partial charge >= 0.3 is 0 Å². The van der Waals surface area contributed by atoms with Crippen LogP contribution in [0.5, 0.6) is 0 Å². The molecule has 1 aromatic heterocycles. The summed E-state index contributed by atoms with van der Waals surface area (Å²) in [5.41, 5.74) is 6.39. The summed E-state index contributed by atoms with van der Waals surface area (Å²) in [5, 5.41) is 3.43. The molecule has 92 valence electrons. The van der Waals surface area contributed by atoms with Crippen LogP contribution in [0.4, 0.5) is 5.82 Å². The first-order valence-corrected chi connectivity index (χ1v) is 6.44. The number of aromatic nitrogens is 2. The molecule has 1 heterocycles. The lowest BCUT2D eigenvalue weighted by Gasteiger charge is -2.27. The Morgan fingerprint density at radius 1 is 1.41 bits per heavy atom. The number of nitrogens with two attached hydrogens (primary N) is 1. The summed E-state index contributed by atoms with van der Waals surface area (Å²) in [6, 6.07) is 0.481. The Balaban J connectivity index is 2.05. The van der Waals surface area contributed by atoms with Gasteiger partial charge in [-0.3, -0.25) is 0 Å². The Morgan fingerprint density at radius 3 is 2.76 bits per heavy atom. The van der Waals surface area contributed by atoms with Gasteiger partial charge in [0.05, 0.1) is 5.56 Å². The minimum absolute atomic E-state index is 0.345. The van der Waals surface area contributed by atoms with Gasteiger partial charge in [0.25, 0.3) is 0 Å². The van der Waals surface area contributed by atoms with E-state index in [1.165, 1.54) is 32.0 Å². The molecule has 4 nitrogen and oxygen atoms in total. The van der Waals surface area contributed by atoms with E-state index in [1.54, 1.807) is 6.20 Å². The van der Waals surface area contributed by atoms with Crippen LogP contribution in [0.15, 0.2) is 12.5 Å². The molecule has 1 aliphatic rings. The number of nitrogens with one attached hydrogen (secondary N) is 1. The highest BCUT2D eigenvalue weighted by Crippen LogP contribution is 2.26. The summed E-state index contributed by atoms with van der Waals surface area (Å²) >= 11 is 4.99. The van der Waals surface area contributed by atoms with Gasteiger partial charge in [0.2, 0.25) is 0 Å². The first kappa shape index (κ1) is 12.2. The summed E-state index contributed by atoms with van der Waals surface area (Å²) in [6.07, 6.45) is 8.10. The van der Waals surface area contributed by atoms with Crippen LogP contribution in [0.3, 0.4) is 0 Å². The van der Waals surface area contributed by atoms with Gasteiger partial charge in [0.15, 0.2) is 0 Å². The van der Waals surface area contributed by atoms with Crippen molar-refractivity contribution >= 4 is 23.0 Å². The molecule has 0 bridgehead atoms. The summed E-state index contributed by atoms with van der Waals surface area (Å²) in [7, 11) is 0. The molecule has 2 rings (SSSR count). The first-order chi connectivity index (χ1) is 8.16. The molecule has 0 spiro atoms.